The lowest BCUT2D eigenvalue weighted by Crippen LogP contribution is -2.48. The van der Waals surface area contributed by atoms with Crippen molar-refractivity contribution in [1.82, 2.24) is 14.9 Å². The highest BCUT2D eigenvalue weighted by atomic mass is 16.5. The van der Waals surface area contributed by atoms with Gasteiger partial charge in [0.25, 0.3) is 0 Å². The van der Waals surface area contributed by atoms with Crippen LogP contribution in [0.3, 0.4) is 0 Å². The molecule has 2 aliphatic rings. The summed E-state index contributed by atoms with van der Waals surface area (Å²) in [6, 6.07) is 10.2. The summed E-state index contributed by atoms with van der Waals surface area (Å²) in [4.78, 5) is 13.5. The smallest absolute Gasteiger partial charge is 0.225 e. The third-order valence-electron chi connectivity index (χ3n) is 6.81. The second-order valence-electron chi connectivity index (χ2n) is 8.66. The van der Waals surface area contributed by atoms with E-state index in [1.54, 1.807) is 19.5 Å². The Bertz CT molecular complexity index is 787. The molecule has 4 rings (SSSR count). The molecular formula is C24H34N4O2. The minimum atomic E-state index is -0.607. The van der Waals surface area contributed by atoms with Crippen molar-refractivity contribution in [2.24, 2.45) is 0 Å². The number of anilines is 1. The van der Waals surface area contributed by atoms with Crippen molar-refractivity contribution in [2.75, 3.05) is 44.7 Å². The highest BCUT2D eigenvalue weighted by Crippen LogP contribution is 2.42. The van der Waals surface area contributed by atoms with Crippen molar-refractivity contribution in [1.29, 1.82) is 0 Å². The lowest BCUT2D eigenvalue weighted by atomic mass is 9.71. The topological polar surface area (TPSA) is 61.7 Å². The van der Waals surface area contributed by atoms with E-state index in [4.69, 9.17) is 4.74 Å². The predicted molar refractivity (Wildman–Crippen MR) is 119 cm³/mol. The van der Waals surface area contributed by atoms with Crippen LogP contribution in [0.15, 0.2) is 42.7 Å². The molecule has 2 aromatic rings. The fourth-order valence-corrected chi connectivity index (χ4v) is 5.05. The van der Waals surface area contributed by atoms with Gasteiger partial charge in [-0.2, -0.15) is 0 Å². The Hall–Kier alpha value is -2.18. The van der Waals surface area contributed by atoms with Gasteiger partial charge >= 0.3 is 0 Å². The third kappa shape index (κ3) is 4.93. The van der Waals surface area contributed by atoms with E-state index in [-0.39, 0.29) is 5.92 Å². The van der Waals surface area contributed by atoms with Crippen molar-refractivity contribution in [2.45, 2.75) is 50.0 Å². The largest absolute Gasteiger partial charge is 0.497 e. The van der Waals surface area contributed by atoms with Gasteiger partial charge in [0.05, 0.1) is 12.7 Å². The van der Waals surface area contributed by atoms with E-state index in [0.29, 0.717) is 0 Å². The molecule has 162 valence electrons. The van der Waals surface area contributed by atoms with Gasteiger partial charge in [0.1, 0.15) is 5.75 Å². The van der Waals surface area contributed by atoms with E-state index in [2.05, 4.69) is 31.9 Å². The normalized spacial score (nSPS) is 20.7. The lowest BCUT2D eigenvalue weighted by molar-refractivity contribution is -0.0264. The molecule has 6 nitrogen and oxygen atoms in total. The summed E-state index contributed by atoms with van der Waals surface area (Å²) in [5.74, 6) is 1.83. The van der Waals surface area contributed by atoms with Gasteiger partial charge in [-0.05, 0) is 49.6 Å². The Morgan fingerprint density at radius 1 is 1.03 bits per heavy atom. The van der Waals surface area contributed by atoms with E-state index in [0.717, 1.165) is 76.5 Å². The highest BCUT2D eigenvalue weighted by Gasteiger charge is 2.39. The first-order valence-corrected chi connectivity index (χ1v) is 11.3. The zero-order valence-corrected chi connectivity index (χ0v) is 18.0. The molecule has 1 saturated heterocycles. The van der Waals surface area contributed by atoms with E-state index in [1.165, 1.54) is 12.0 Å². The van der Waals surface area contributed by atoms with Crippen molar-refractivity contribution in [3.8, 4) is 5.75 Å². The lowest BCUT2D eigenvalue weighted by Gasteiger charge is -2.41. The zero-order valence-electron chi connectivity index (χ0n) is 18.0. The number of nitrogens with zero attached hydrogens (tertiary/aromatic N) is 4. The number of aromatic nitrogens is 2. The van der Waals surface area contributed by atoms with E-state index < -0.39 is 5.60 Å². The van der Waals surface area contributed by atoms with Crippen LogP contribution in [0.4, 0.5) is 5.95 Å². The summed E-state index contributed by atoms with van der Waals surface area (Å²) >= 11 is 0. The molecule has 2 fully saturated rings. The Morgan fingerprint density at radius 3 is 2.47 bits per heavy atom. The molecule has 0 spiro atoms. The van der Waals surface area contributed by atoms with Crippen molar-refractivity contribution < 1.29 is 9.84 Å². The fraction of sp³-hybridized carbons (Fsp3) is 0.583. The number of hydrogen-bond acceptors (Lipinski definition) is 6. The molecule has 0 amide bonds. The second kappa shape index (κ2) is 9.75. The number of benzene rings is 1. The molecule has 0 bridgehead atoms. The van der Waals surface area contributed by atoms with Crippen LogP contribution < -0.4 is 9.64 Å². The van der Waals surface area contributed by atoms with Crippen LogP contribution in [0, 0.1) is 0 Å². The minimum absolute atomic E-state index is 0.142. The number of hydrogen-bond donors (Lipinski definition) is 1. The number of aliphatic hydroxyl groups is 1. The molecule has 6 heteroatoms. The van der Waals surface area contributed by atoms with Crippen LogP contribution in [-0.4, -0.2) is 65.4 Å². The number of piperazine rings is 1. The molecule has 1 aromatic heterocycles. The summed E-state index contributed by atoms with van der Waals surface area (Å²) < 4.78 is 5.46. The Balaban J connectivity index is 1.41. The Morgan fingerprint density at radius 2 is 1.77 bits per heavy atom. The first kappa shape index (κ1) is 21.1. The molecule has 30 heavy (non-hydrogen) atoms. The highest BCUT2D eigenvalue weighted by molar-refractivity contribution is 5.33. The summed E-state index contributed by atoms with van der Waals surface area (Å²) in [7, 11) is 1.71. The predicted octanol–water partition coefficient (Wildman–Crippen LogP) is 3.48. The van der Waals surface area contributed by atoms with Gasteiger partial charge in [-0.25, -0.2) is 9.97 Å². The Labute approximate surface area is 179 Å². The van der Waals surface area contributed by atoms with Gasteiger partial charge in [-0.15, -0.1) is 0 Å². The maximum Gasteiger partial charge on any atom is 0.225 e. The first-order valence-electron chi connectivity index (χ1n) is 11.3. The summed E-state index contributed by atoms with van der Waals surface area (Å²) in [5, 5.41) is 11.6. The zero-order chi connectivity index (χ0) is 20.8. The van der Waals surface area contributed by atoms with Crippen LogP contribution in [-0.2, 0) is 0 Å². The fourth-order valence-electron chi connectivity index (χ4n) is 5.05. The molecule has 1 atom stereocenters. The number of ether oxygens (including phenoxy) is 1. The summed E-state index contributed by atoms with van der Waals surface area (Å²) in [6.45, 7) is 4.88. The van der Waals surface area contributed by atoms with Gasteiger partial charge in [-0.3, -0.25) is 4.90 Å². The van der Waals surface area contributed by atoms with Gasteiger partial charge in [-0.1, -0.05) is 31.4 Å². The first-order chi connectivity index (χ1) is 14.7. The van der Waals surface area contributed by atoms with Crippen LogP contribution >= 0.6 is 0 Å². The average Bonchev–Trinajstić information content (AvgIpc) is 2.81. The molecule has 1 aliphatic carbocycles. The van der Waals surface area contributed by atoms with Gasteiger partial charge < -0.3 is 14.7 Å². The molecule has 1 aromatic carbocycles. The SMILES string of the molecule is COc1cccc(C(CCN2CCN(c3ncccn3)CC2)C2(O)CCCCC2)c1. The van der Waals surface area contributed by atoms with Gasteiger partial charge in [0.15, 0.2) is 0 Å². The van der Waals surface area contributed by atoms with Gasteiger partial charge in [0, 0.05) is 44.5 Å². The van der Waals surface area contributed by atoms with Crippen LogP contribution in [0.5, 0.6) is 5.75 Å². The van der Waals surface area contributed by atoms with E-state index in [1.807, 2.05) is 18.2 Å². The van der Waals surface area contributed by atoms with Crippen LogP contribution in [0.25, 0.3) is 0 Å². The molecule has 0 radical (unpaired) electrons. The summed E-state index contributed by atoms with van der Waals surface area (Å²) in [5.41, 5.74) is 0.597. The van der Waals surface area contributed by atoms with Gasteiger partial charge in [0.2, 0.25) is 5.95 Å². The molecule has 1 saturated carbocycles. The summed E-state index contributed by atoms with van der Waals surface area (Å²) in [6.07, 6.45) is 9.83. The van der Waals surface area contributed by atoms with E-state index in [9.17, 15) is 5.11 Å². The number of rotatable bonds is 7. The second-order valence-corrected chi connectivity index (χ2v) is 8.66. The Kier molecular flexibility index (Phi) is 6.85. The maximum absolute atomic E-state index is 11.6. The number of methoxy groups -OCH3 is 1. The molecule has 1 aliphatic heterocycles. The molecular weight excluding hydrogens is 376 g/mol. The molecule has 2 heterocycles. The average molecular weight is 411 g/mol. The monoisotopic (exact) mass is 410 g/mol. The van der Waals surface area contributed by atoms with Crippen molar-refractivity contribution in [3.63, 3.8) is 0 Å². The van der Waals surface area contributed by atoms with Crippen LogP contribution in [0.2, 0.25) is 0 Å². The van der Waals surface area contributed by atoms with Crippen molar-refractivity contribution in [3.05, 3.63) is 48.3 Å². The van der Waals surface area contributed by atoms with E-state index >= 15 is 0 Å². The van der Waals surface area contributed by atoms with Crippen molar-refractivity contribution >= 4 is 5.95 Å². The molecule has 1 N–H and O–H groups in total. The minimum Gasteiger partial charge on any atom is -0.497 e. The van der Waals surface area contributed by atoms with Crippen LogP contribution in [0.1, 0.15) is 50.0 Å². The maximum atomic E-state index is 11.6. The molecule has 1 unspecified atom stereocenters. The standard InChI is InChI=1S/C24H34N4O2/c1-30-21-8-5-7-20(19-21)22(24(29)10-3-2-4-11-24)9-14-27-15-17-28(18-16-27)23-25-12-6-13-26-23/h5-8,12-13,19,22,29H,2-4,9-11,14-18H2,1H3. The third-order valence-corrected chi connectivity index (χ3v) is 6.81. The quantitative estimate of drug-likeness (QED) is 0.754.